The van der Waals surface area contributed by atoms with Crippen molar-refractivity contribution in [2.45, 2.75) is 19.6 Å². The quantitative estimate of drug-likeness (QED) is 0.804. The van der Waals surface area contributed by atoms with E-state index in [-0.39, 0.29) is 12.5 Å². The van der Waals surface area contributed by atoms with Gasteiger partial charge in [-0.05, 0) is 43.2 Å². The second-order valence-electron chi connectivity index (χ2n) is 5.10. The Kier molecular flexibility index (Phi) is 5.98. The maximum atomic E-state index is 12.4. The number of thioether (sulfide) groups is 1. The van der Waals surface area contributed by atoms with Gasteiger partial charge < -0.3 is 10.4 Å². The van der Waals surface area contributed by atoms with Crippen LogP contribution in [0.4, 0.5) is 5.82 Å². The molecule has 116 valence electrons. The van der Waals surface area contributed by atoms with E-state index >= 15 is 0 Å². The lowest BCUT2D eigenvalue weighted by Gasteiger charge is -2.09. The van der Waals surface area contributed by atoms with Crippen LogP contribution in [0.25, 0.3) is 0 Å². The summed E-state index contributed by atoms with van der Waals surface area (Å²) in [6.07, 6.45) is 1.69. The van der Waals surface area contributed by atoms with Gasteiger partial charge in [-0.15, -0.1) is 0 Å². The number of carbonyl (C=O) groups excluding carboxylic acids is 1. The van der Waals surface area contributed by atoms with Crippen LogP contribution in [0.3, 0.4) is 0 Å². The number of anilines is 1. The lowest BCUT2D eigenvalue weighted by molar-refractivity contribution is 0.102. The van der Waals surface area contributed by atoms with Gasteiger partial charge in [0.1, 0.15) is 5.82 Å². The van der Waals surface area contributed by atoms with Crippen molar-refractivity contribution < 1.29 is 9.90 Å². The van der Waals surface area contributed by atoms with E-state index in [1.165, 1.54) is 0 Å². The molecule has 0 atom stereocenters. The Morgan fingerprint density at radius 1 is 1.27 bits per heavy atom. The lowest BCUT2D eigenvalue weighted by atomic mass is 10.1. The number of benzene rings is 1. The molecule has 2 N–H and O–H groups in total. The second-order valence-corrected chi connectivity index (χ2v) is 6.20. The van der Waals surface area contributed by atoms with Crippen LogP contribution in [-0.4, -0.2) is 28.4 Å². The predicted octanol–water partition coefficient (Wildman–Crippen LogP) is 3.18. The van der Waals surface area contributed by atoms with Gasteiger partial charge in [0, 0.05) is 23.3 Å². The molecule has 4 nitrogen and oxygen atoms in total. The molecule has 0 bridgehead atoms. The Balaban J connectivity index is 2.08. The van der Waals surface area contributed by atoms with Gasteiger partial charge in [-0.2, -0.15) is 11.8 Å². The van der Waals surface area contributed by atoms with Gasteiger partial charge in [-0.25, -0.2) is 4.98 Å². The van der Waals surface area contributed by atoms with Gasteiger partial charge in [-0.3, -0.25) is 4.79 Å². The summed E-state index contributed by atoms with van der Waals surface area (Å²) in [5, 5.41) is 11.7. The van der Waals surface area contributed by atoms with Gasteiger partial charge in [-0.1, -0.05) is 17.7 Å². The largest absolute Gasteiger partial charge is 0.396 e. The number of rotatable bonds is 6. The Morgan fingerprint density at radius 2 is 2.09 bits per heavy atom. The first kappa shape index (κ1) is 16.5. The summed E-state index contributed by atoms with van der Waals surface area (Å²) >= 11 is 1.64. The molecule has 2 rings (SSSR count). The average Bonchev–Trinajstić information content (AvgIpc) is 2.50. The number of aryl methyl sites for hydroxylation is 2. The van der Waals surface area contributed by atoms with Crippen molar-refractivity contribution >= 4 is 23.5 Å². The van der Waals surface area contributed by atoms with E-state index in [0.717, 1.165) is 22.4 Å². The molecule has 2 aromatic rings. The molecule has 0 aliphatic rings. The topological polar surface area (TPSA) is 62.2 Å². The summed E-state index contributed by atoms with van der Waals surface area (Å²) in [4.78, 5) is 16.6. The highest BCUT2D eigenvalue weighted by Gasteiger charge is 2.10. The molecule has 0 aliphatic carbocycles. The van der Waals surface area contributed by atoms with E-state index in [1.54, 1.807) is 18.0 Å². The molecule has 0 spiro atoms. The maximum absolute atomic E-state index is 12.4. The highest BCUT2D eigenvalue weighted by Crippen LogP contribution is 2.16. The van der Waals surface area contributed by atoms with Crippen molar-refractivity contribution in [2.24, 2.45) is 0 Å². The maximum Gasteiger partial charge on any atom is 0.257 e. The average molecular weight is 316 g/mol. The highest BCUT2D eigenvalue weighted by atomic mass is 32.2. The molecular formula is C17H20N2O2S. The van der Waals surface area contributed by atoms with E-state index in [1.807, 2.05) is 44.2 Å². The fourth-order valence-corrected chi connectivity index (χ4v) is 2.74. The van der Waals surface area contributed by atoms with Crippen LogP contribution in [-0.2, 0) is 5.75 Å². The van der Waals surface area contributed by atoms with Gasteiger partial charge in [0.2, 0.25) is 0 Å². The monoisotopic (exact) mass is 316 g/mol. The summed E-state index contributed by atoms with van der Waals surface area (Å²) in [7, 11) is 0. The summed E-state index contributed by atoms with van der Waals surface area (Å²) in [5.74, 6) is 1.89. The van der Waals surface area contributed by atoms with Gasteiger partial charge in [0.15, 0.2) is 0 Å². The van der Waals surface area contributed by atoms with E-state index in [2.05, 4.69) is 10.3 Å². The van der Waals surface area contributed by atoms with Gasteiger partial charge in [0.05, 0.1) is 6.61 Å². The zero-order chi connectivity index (χ0) is 15.9. The number of pyridine rings is 1. The zero-order valence-corrected chi connectivity index (χ0v) is 13.6. The minimum atomic E-state index is -0.145. The predicted molar refractivity (Wildman–Crippen MR) is 91.4 cm³/mol. The number of hydrogen-bond acceptors (Lipinski definition) is 4. The van der Waals surface area contributed by atoms with Crippen molar-refractivity contribution in [2.75, 3.05) is 17.7 Å². The van der Waals surface area contributed by atoms with Crippen molar-refractivity contribution in [3.63, 3.8) is 0 Å². The smallest absolute Gasteiger partial charge is 0.257 e. The summed E-state index contributed by atoms with van der Waals surface area (Å²) in [6, 6.07) is 9.60. The zero-order valence-electron chi connectivity index (χ0n) is 12.8. The van der Waals surface area contributed by atoms with Crippen molar-refractivity contribution in [1.29, 1.82) is 0 Å². The molecule has 0 radical (unpaired) electrons. The molecule has 0 unspecified atom stereocenters. The number of hydrogen-bond donors (Lipinski definition) is 2. The molecule has 1 aromatic heterocycles. The molecule has 1 heterocycles. The molecule has 0 saturated heterocycles. The van der Waals surface area contributed by atoms with E-state index in [4.69, 9.17) is 5.11 Å². The van der Waals surface area contributed by atoms with Crippen LogP contribution in [0, 0.1) is 13.8 Å². The summed E-state index contributed by atoms with van der Waals surface area (Å²) < 4.78 is 0. The van der Waals surface area contributed by atoms with Crippen molar-refractivity contribution in [3.05, 3.63) is 58.8 Å². The molecule has 1 aromatic carbocycles. The first-order valence-corrected chi connectivity index (χ1v) is 8.28. The Labute approximate surface area is 135 Å². The van der Waals surface area contributed by atoms with Crippen LogP contribution in [0.2, 0.25) is 0 Å². The number of aromatic nitrogens is 1. The Hall–Kier alpha value is -1.85. The van der Waals surface area contributed by atoms with Crippen LogP contribution in [0.5, 0.6) is 0 Å². The number of aliphatic hydroxyl groups excluding tert-OH is 1. The molecule has 0 aliphatic heterocycles. The highest BCUT2D eigenvalue weighted by molar-refractivity contribution is 7.98. The lowest BCUT2D eigenvalue weighted by Crippen LogP contribution is -2.14. The third kappa shape index (κ3) is 4.58. The third-order valence-electron chi connectivity index (χ3n) is 3.21. The molecule has 0 saturated carbocycles. The molecule has 1 amide bonds. The standard InChI is InChI=1S/C17H20N2O2S/c1-12-3-4-13(2)15(9-12)17(21)19-16-10-14(5-6-18-16)11-22-8-7-20/h3-6,9-10,20H,7-8,11H2,1-2H3,(H,18,19,21). The SMILES string of the molecule is Cc1ccc(C)c(C(=O)Nc2cc(CSCCO)ccn2)c1. The van der Waals surface area contributed by atoms with E-state index in [9.17, 15) is 4.79 Å². The molecular weight excluding hydrogens is 296 g/mol. The number of nitrogens with one attached hydrogen (secondary N) is 1. The fraction of sp³-hybridized carbons (Fsp3) is 0.294. The summed E-state index contributed by atoms with van der Waals surface area (Å²) in [6.45, 7) is 4.06. The minimum Gasteiger partial charge on any atom is -0.396 e. The number of amides is 1. The summed E-state index contributed by atoms with van der Waals surface area (Å²) in [5.41, 5.74) is 3.74. The van der Waals surface area contributed by atoms with Crippen LogP contribution < -0.4 is 5.32 Å². The first-order chi connectivity index (χ1) is 10.6. The first-order valence-electron chi connectivity index (χ1n) is 7.12. The van der Waals surface area contributed by atoms with Crippen molar-refractivity contribution in [3.8, 4) is 0 Å². The number of aliphatic hydroxyl groups is 1. The van der Waals surface area contributed by atoms with E-state index in [0.29, 0.717) is 17.1 Å². The van der Waals surface area contributed by atoms with Crippen LogP contribution in [0.15, 0.2) is 36.5 Å². The third-order valence-corrected chi connectivity index (χ3v) is 4.22. The van der Waals surface area contributed by atoms with E-state index < -0.39 is 0 Å². The number of carbonyl (C=O) groups is 1. The van der Waals surface area contributed by atoms with Gasteiger partial charge >= 0.3 is 0 Å². The normalized spacial score (nSPS) is 10.5. The van der Waals surface area contributed by atoms with Gasteiger partial charge in [0.25, 0.3) is 5.91 Å². The van der Waals surface area contributed by atoms with Crippen LogP contribution >= 0.6 is 11.8 Å². The second kappa shape index (κ2) is 7.96. The number of nitrogens with zero attached hydrogens (tertiary/aromatic N) is 1. The molecule has 0 fully saturated rings. The minimum absolute atomic E-state index is 0.145. The molecule has 5 heteroatoms. The Bertz CT molecular complexity index is 659. The Morgan fingerprint density at radius 3 is 2.86 bits per heavy atom. The molecule has 22 heavy (non-hydrogen) atoms. The fourth-order valence-electron chi connectivity index (χ4n) is 2.05. The van der Waals surface area contributed by atoms with Crippen molar-refractivity contribution in [1.82, 2.24) is 4.98 Å². The van der Waals surface area contributed by atoms with Crippen LogP contribution in [0.1, 0.15) is 27.0 Å².